The normalized spacial score (nSPS) is 18.6. The zero-order valence-electron chi connectivity index (χ0n) is 16.8. The number of aromatic amines is 1. The molecule has 1 aliphatic heterocycles. The molecule has 0 unspecified atom stereocenters. The average molecular weight is 384 g/mol. The molecule has 1 aromatic heterocycles. The third-order valence-electron chi connectivity index (χ3n) is 5.42. The summed E-state index contributed by atoms with van der Waals surface area (Å²) in [6.07, 6.45) is 3.19. The molecule has 0 aliphatic carbocycles. The van der Waals surface area contributed by atoms with Crippen LogP contribution in [0, 0.1) is 0 Å². The molecule has 2 heterocycles. The van der Waals surface area contributed by atoms with E-state index in [-0.39, 0.29) is 5.56 Å². The molecule has 0 amide bonds. The van der Waals surface area contributed by atoms with Crippen LogP contribution in [0.2, 0.25) is 0 Å². The lowest BCUT2D eigenvalue weighted by Gasteiger charge is -2.32. The highest BCUT2D eigenvalue weighted by atomic mass is 16.7. The summed E-state index contributed by atoms with van der Waals surface area (Å²) in [5, 5.41) is 12.6. The number of carboxylic acids is 1. The van der Waals surface area contributed by atoms with Crippen LogP contribution in [0.5, 0.6) is 0 Å². The summed E-state index contributed by atoms with van der Waals surface area (Å²) in [6, 6.07) is 5.22. The Morgan fingerprint density at radius 3 is 2.46 bits per heavy atom. The minimum atomic E-state index is -1.25. The largest absolute Gasteiger partial charge is 0.491 e. The van der Waals surface area contributed by atoms with Crippen LogP contribution in [-0.2, 0) is 9.31 Å². The van der Waals surface area contributed by atoms with Crippen molar-refractivity contribution in [2.45, 2.75) is 38.9 Å². The summed E-state index contributed by atoms with van der Waals surface area (Å²) in [4.78, 5) is 26.3. The van der Waals surface area contributed by atoms with E-state index in [2.05, 4.69) is 10.3 Å². The summed E-state index contributed by atoms with van der Waals surface area (Å²) < 4.78 is 12.3. The number of fused-ring (bicyclic) bond motifs is 1. The van der Waals surface area contributed by atoms with Crippen molar-refractivity contribution in [3.05, 3.63) is 51.2 Å². The average Bonchev–Trinajstić information content (AvgIpc) is 2.82. The number of carbonyl (C=O) groups is 1. The van der Waals surface area contributed by atoms with Gasteiger partial charge in [0, 0.05) is 23.6 Å². The molecule has 0 atom stereocenters. The van der Waals surface area contributed by atoms with Crippen LogP contribution in [0.15, 0.2) is 34.7 Å². The predicted octanol–water partition coefficient (Wildman–Crippen LogP) is 2.46. The van der Waals surface area contributed by atoms with E-state index in [1.165, 1.54) is 6.20 Å². The van der Waals surface area contributed by atoms with E-state index in [9.17, 15) is 9.59 Å². The molecule has 2 aromatic rings. The Balaban J connectivity index is 2.00. The van der Waals surface area contributed by atoms with E-state index >= 15 is 0 Å². The fourth-order valence-corrected chi connectivity index (χ4v) is 3.10. The molecule has 0 saturated carbocycles. The van der Waals surface area contributed by atoms with Gasteiger partial charge in [0.2, 0.25) is 5.43 Å². The molecule has 28 heavy (non-hydrogen) atoms. The Hall–Kier alpha value is -2.42. The molecule has 148 valence electrons. The van der Waals surface area contributed by atoms with Crippen molar-refractivity contribution in [2.75, 3.05) is 13.6 Å². The molecule has 0 bridgehead atoms. The number of hydrogen-bond acceptors (Lipinski definition) is 5. The quantitative estimate of drug-likeness (QED) is 0.685. The zero-order chi connectivity index (χ0) is 20.7. The highest BCUT2D eigenvalue weighted by molar-refractivity contribution is 6.55. The van der Waals surface area contributed by atoms with Gasteiger partial charge < -0.3 is 24.7 Å². The second kappa shape index (κ2) is 7.20. The van der Waals surface area contributed by atoms with Crippen LogP contribution < -0.4 is 10.7 Å². The van der Waals surface area contributed by atoms with E-state index < -0.39 is 29.7 Å². The number of carboxylic acid groups (broad SMARTS) is 1. The summed E-state index contributed by atoms with van der Waals surface area (Å²) in [6.45, 7) is 8.59. The number of aromatic nitrogens is 1. The van der Waals surface area contributed by atoms with Gasteiger partial charge in [-0.15, -0.1) is 0 Å². The number of pyridine rings is 1. The molecule has 1 aromatic carbocycles. The molecule has 8 heteroatoms. The molecule has 3 rings (SSSR count). The summed E-state index contributed by atoms with van der Waals surface area (Å²) in [5.74, 6) is -1.25. The van der Waals surface area contributed by atoms with Gasteiger partial charge in [-0.2, -0.15) is 0 Å². The Bertz CT molecular complexity index is 993. The standard InChI is InChI=1S/C20H25BN2O5/c1-19(2)20(3,4)28-21(27-19)13(10-22-5)8-12-6-7-14-16(9-12)23-11-15(17(14)24)18(25)26/h6-9,11,22H,10H2,1-5H3,(H,23,24)(H,25,26). The maximum atomic E-state index is 12.3. The smallest absolute Gasteiger partial charge is 0.477 e. The number of nitrogens with one attached hydrogen (secondary N) is 2. The molecule has 0 spiro atoms. The highest BCUT2D eigenvalue weighted by Crippen LogP contribution is 2.38. The first-order chi connectivity index (χ1) is 13.1. The van der Waals surface area contributed by atoms with Crippen molar-refractivity contribution in [2.24, 2.45) is 0 Å². The molecule has 7 nitrogen and oxygen atoms in total. The SMILES string of the molecule is CNCC(=Cc1ccc2c(=O)c(C(=O)O)c[nH]c2c1)B1OC(C)(C)C(C)(C)O1. The fraction of sp³-hybridized carbons (Fsp3) is 0.400. The highest BCUT2D eigenvalue weighted by Gasteiger charge is 2.52. The van der Waals surface area contributed by atoms with Gasteiger partial charge in [0.25, 0.3) is 0 Å². The van der Waals surface area contributed by atoms with E-state index in [0.29, 0.717) is 17.4 Å². The second-order valence-electron chi connectivity index (χ2n) is 7.98. The summed E-state index contributed by atoms with van der Waals surface area (Å²) in [7, 11) is 1.37. The fourth-order valence-electron chi connectivity index (χ4n) is 3.10. The van der Waals surface area contributed by atoms with Crippen molar-refractivity contribution >= 4 is 30.1 Å². The molecule has 3 N–H and O–H groups in total. The van der Waals surface area contributed by atoms with E-state index in [4.69, 9.17) is 14.4 Å². The number of likely N-dealkylation sites (N-methyl/N-ethyl adjacent to an activating group) is 1. The first-order valence-electron chi connectivity index (χ1n) is 9.15. The van der Waals surface area contributed by atoms with E-state index in [1.54, 1.807) is 12.1 Å². The minimum Gasteiger partial charge on any atom is -0.477 e. The zero-order valence-corrected chi connectivity index (χ0v) is 16.8. The van der Waals surface area contributed by atoms with Gasteiger partial charge in [0.05, 0.1) is 11.2 Å². The molecule has 1 aliphatic rings. The topological polar surface area (TPSA) is 101 Å². The van der Waals surface area contributed by atoms with Crippen LogP contribution in [-0.4, -0.2) is 48.0 Å². The van der Waals surface area contributed by atoms with Crippen LogP contribution in [0.4, 0.5) is 0 Å². The third-order valence-corrected chi connectivity index (χ3v) is 5.42. The number of aromatic carboxylic acids is 1. The van der Waals surface area contributed by atoms with Crippen LogP contribution >= 0.6 is 0 Å². The van der Waals surface area contributed by atoms with Crippen molar-refractivity contribution in [1.82, 2.24) is 10.3 Å². The Morgan fingerprint density at radius 2 is 1.89 bits per heavy atom. The lowest BCUT2D eigenvalue weighted by molar-refractivity contribution is 0.00578. The van der Waals surface area contributed by atoms with Gasteiger partial charge in [0.1, 0.15) is 5.56 Å². The molecule has 1 saturated heterocycles. The maximum Gasteiger partial charge on any atom is 0.491 e. The first kappa shape index (κ1) is 20.3. The van der Waals surface area contributed by atoms with Gasteiger partial charge >= 0.3 is 13.1 Å². The Morgan fingerprint density at radius 1 is 1.25 bits per heavy atom. The number of hydrogen-bond donors (Lipinski definition) is 3. The van der Waals surface area contributed by atoms with Gasteiger partial charge in [0.15, 0.2) is 0 Å². The second-order valence-corrected chi connectivity index (χ2v) is 7.98. The molecule has 1 fully saturated rings. The van der Waals surface area contributed by atoms with Crippen LogP contribution in [0.25, 0.3) is 17.0 Å². The number of benzene rings is 1. The lowest BCUT2D eigenvalue weighted by atomic mass is 9.77. The number of H-pyrrole nitrogens is 1. The predicted molar refractivity (Wildman–Crippen MR) is 110 cm³/mol. The minimum absolute atomic E-state index is 0.274. The van der Waals surface area contributed by atoms with Crippen molar-refractivity contribution in [3.63, 3.8) is 0 Å². The van der Waals surface area contributed by atoms with Gasteiger partial charge in [-0.3, -0.25) is 4.79 Å². The molecular formula is C20H25BN2O5. The summed E-state index contributed by atoms with van der Waals surface area (Å²) in [5.41, 5.74) is 0.693. The Kier molecular flexibility index (Phi) is 5.22. The van der Waals surface area contributed by atoms with Crippen LogP contribution in [0.3, 0.4) is 0 Å². The maximum absolute atomic E-state index is 12.3. The first-order valence-corrected chi connectivity index (χ1v) is 9.15. The Labute approximate surface area is 163 Å². The van der Waals surface area contributed by atoms with Crippen molar-refractivity contribution in [3.8, 4) is 0 Å². The monoisotopic (exact) mass is 384 g/mol. The van der Waals surface area contributed by atoms with E-state index in [0.717, 1.165) is 11.0 Å². The van der Waals surface area contributed by atoms with Gasteiger partial charge in [-0.05, 0) is 57.9 Å². The number of rotatable bonds is 5. The molecular weight excluding hydrogens is 359 g/mol. The van der Waals surface area contributed by atoms with E-state index in [1.807, 2.05) is 46.9 Å². The molecule has 0 radical (unpaired) electrons. The van der Waals surface area contributed by atoms with Gasteiger partial charge in [-0.25, -0.2) is 4.79 Å². The summed E-state index contributed by atoms with van der Waals surface area (Å²) >= 11 is 0. The third kappa shape index (κ3) is 3.63. The van der Waals surface area contributed by atoms with Gasteiger partial charge in [-0.1, -0.05) is 12.1 Å². The van der Waals surface area contributed by atoms with Crippen LogP contribution in [0.1, 0.15) is 43.6 Å². The van der Waals surface area contributed by atoms with Crippen molar-refractivity contribution < 1.29 is 19.2 Å². The lowest BCUT2D eigenvalue weighted by Crippen LogP contribution is -2.41. The van der Waals surface area contributed by atoms with Crippen molar-refractivity contribution in [1.29, 1.82) is 0 Å².